The highest BCUT2D eigenvalue weighted by Gasteiger charge is 2.24. The van der Waals surface area contributed by atoms with Crippen molar-refractivity contribution in [2.75, 3.05) is 38.2 Å². The van der Waals surface area contributed by atoms with Gasteiger partial charge in [0, 0.05) is 6.04 Å². The number of thioether (sulfide) groups is 1. The van der Waals surface area contributed by atoms with E-state index in [2.05, 4.69) is 27.7 Å². The van der Waals surface area contributed by atoms with Crippen LogP contribution in [-0.4, -0.2) is 54.7 Å². The van der Waals surface area contributed by atoms with Crippen molar-refractivity contribution in [1.29, 1.82) is 0 Å². The van der Waals surface area contributed by atoms with Crippen LogP contribution in [0.25, 0.3) is 0 Å². The van der Waals surface area contributed by atoms with Crippen LogP contribution in [-0.2, 0) is 4.79 Å². The Labute approximate surface area is 167 Å². The summed E-state index contributed by atoms with van der Waals surface area (Å²) in [6, 6.07) is -0.794. The van der Waals surface area contributed by atoms with Gasteiger partial charge in [-0.2, -0.15) is 11.8 Å². The number of nitrogens with zero attached hydrogens (tertiary/aromatic N) is 1. The van der Waals surface area contributed by atoms with Crippen LogP contribution in [0.15, 0.2) is 0 Å². The summed E-state index contributed by atoms with van der Waals surface area (Å²) in [4.78, 5) is 9.96. The molecule has 0 fully saturated rings. The number of carbonyl (C=O) groups excluding carboxylic acids is 1. The van der Waals surface area contributed by atoms with Gasteiger partial charge in [-0.3, -0.25) is 0 Å². The smallest absolute Gasteiger partial charge is 0.0786 e. The minimum Gasteiger partial charge on any atom is -0.548 e. The van der Waals surface area contributed by atoms with Crippen LogP contribution in [0.2, 0.25) is 0 Å². The van der Waals surface area contributed by atoms with Gasteiger partial charge in [0.05, 0.1) is 32.1 Å². The number of quaternary nitrogens is 1. The molecule has 0 amide bonds. The van der Waals surface area contributed by atoms with E-state index in [1.807, 2.05) is 6.26 Å². The van der Waals surface area contributed by atoms with Gasteiger partial charge in [0.15, 0.2) is 0 Å². The number of nitrogens with two attached hydrogens (primary N) is 1. The van der Waals surface area contributed by atoms with E-state index >= 15 is 0 Å². The highest BCUT2D eigenvalue weighted by Crippen LogP contribution is 2.16. The Morgan fingerprint density at radius 1 is 0.885 bits per heavy atom. The molecule has 1 atom stereocenters. The van der Waals surface area contributed by atoms with E-state index in [0.29, 0.717) is 6.42 Å². The van der Waals surface area contributed by atoms with Crippen molar-refractivity contribution in [2.45, 2.75) is 91.5 Å². The van der Waals surface area contributed by atoms with Crippen molar-refractivity contribution < 1.29 is 14.4 Å². The monoisotopic (exact) mass is 390 g/mol. The van der Waals surface area contributed by atoms with Crippen LogP contribution in [0.4, 0.5) is 0 Å². The summed E-state index contributed by atoms with van der Waals surface area (Å²) in [6.07, 6.45) is 13.5. The highest BCUT2D eigenvalue weighted by atomic mass is 32.2. The first-order chi connectivity index (χ1) is 12.4. The van der Waals surface area contributed by atoms with Gasteiger partial charge in [0.1, 0.15) is 0 Å². The molecule has 2 N–H and O–H groups in total. The molecule has 0 bridgehead atoms. The number of carbonyl (C=O) groups is 1. The Balaban J connectivity index is 0. The average Bonchev–Trinajstić information content (AvgIpc) is 2.65. The minimum atomic E-state index is -1.16. The Hall–Kier alpha value is -0.260. The molecule has 0 aliphatic heterocycles. The second-order valence-electron chi connectivity index (χ2n) is 7.36. The number of unbranched alkanes of at least 4 members (excludes halogenated alkanes) is 4. The van der Waals surface area contributed by atoms with Gasteiger partial charge >= 0.3 is 0 Å². The van der Waals surface area contributed by atoms with E-state index < -0.39 is 12.0 Å². The number of aliphatic carboxylic acids is 1. The molecule has 0 saturated heterocycles. The molecule has 0 aliphatic rings. The lowest BCUT2D eigenvalue weighted by Gasteiger charge is -2.39. The van der Waals surface area contributed by atoms with Crippen LogP contribution >= 0.6 is 11.8 Å². The highest BCUT2D eigenvalue weighted by molar-refractivity contribution is 7.98. The molecule has 158 valence electrons. The molecule has 0 radical (unpaired) electrons. The number of carboxylic acid groups (broad SMARTS) is 1. The molecule has 0 aromatic rings. The molecule has 0 aliphatic carbocycles. The van der Waals surface area contributed by atoms with Crippen molar-refractivity contribution in [2.24, 2.45) is 5.73 Å². The Morgan fingerprint density at radius 2 is 1.23 bits per heavy atom. The third-order valence-electron chi connectivity index (χ3n) is 4.88. The van der Waals surface area contributed by atoms with Crippen molar-refractivity contribution >= 4 is 17.7 Å². The molecule has 26 heavy (non-hydrogen) atoms. The fraction of sp³-hybridized carbons (Fsp3) is 0.952. The summed E-state index contributed by atoms with van der Waals surface area (Å²) in [5.41, 5.74) is 5.13. The van der Waals surface area contributed by atoms with Crippen LogP contribution < -0.4 is 10.8 Å². The number of hydrogen-bond acceptors (Lipinski definition) is 4. The van der Waals surface area contributed by atoms with Crippen molar-refractivity contribution in [3.63, 3.8) is 0 Å². The van der Waals surface area contributed by atoms with Crippen molar-refractivity contribution in [3.8, 4) is 0 Å². The van der Waals surface area contributed by atoms with Gasteiger partial charge < -0.3 is 20.1 Å². The van der Waals surface area contributed by atoms with Gasteiger partial charge in [0.2, 0.25) is 0 Å². The van der Waals surface area contributed by atoms with E-state index in [-0.39, 0.29) is 0 Å². The normalized spacial score (nSPS) is 12.4. The fourth-order valence-corrected chi connectivity index (χ4v) is 3.50. The summed E-state index contributed by atoms with van der Waals surface area (Å²) >= 11 is 1.58. The Morgan fingerprint density at radius 3 is 1.46 bits per heavy atom. The van der Waals surface area contributed by atoms with Crippen LogP contribution in [0.3, 0.4) is 0 Å². The maximum atomic E-state index is 9.96. The predicted octanol–water partition coefficient (Wildman–Crippen LogP) is 3.82. The molecule has 0 saturated carbocycles. The molecular weight excluding hydrogens is 344 g/mol. The summed E-state index contributed by atoms with van der Waals surface area (Å²) in [5, 5.41) is 9.96. The van der Waals surface area contributed by atoms with Crippen molar-refractivity contribution in [1.82, 2.24) is 0 Å². The number of carboxylic acids is 1. The molecule has 0 aromatic heterocycles. The van der Waals surface area contributed by atoms with E-state index in [9.17, 15) is 9.90 Å². The molecule has 1 unspecified atom stereocenters. The third-order valence-corrected chi connectivity index (χ3v) is 5.52. The van der Waals surface area contributed by atoms with E-state index in [1.165, 1.54) is 82.0 Å². The predicted molar refractivity (Wildman–Crippen MR) is 115 cm³/mol. The summed E-state index contributed by atoms with van der Waals surface area (Å²) in [6.45, 7) is 15.0. The maximum Gasteiger partial charge on any atom is 0.0786 e. The van der Waals surface area contributed by atoms with Crippen LogP contribution in [0.5, 0.6) is 0 Å². The molecule has 0 rings (SSSR count). The molecular formula is C21H46N2O2S. The van der Waals surface area contributed by atoms with Crippen LogP contribution in [0.1, 0.15) is 85.5 Å². The second-order valence-corrected chi connectivity index (χ2v) is 8.34. The summed E-state index contributed by atoms with van der Waals surface area (Å²) < 4.78 is 1.42. The lowest BCUT2D eigenvalue weighted by atomic mass is 10.1. The lowest BCUT2D eigenvalue weighted by Crippen LogP contribution is -2.50. The number of hydrogen-bond donors (Lipinski definition) is 1. The van der Waals surface area contributed by atoms with Gasteiger partial charge in [-0.25, -0.2) is 0 Å². The average molecular weight is 391 g/mol. The first kappa shape index (κ1) is 28.0. The molecule has 4 nitrogen and oxygen atoms in total. The quantitative estimate of drug-likeness (QED) is 0.407. The second kappa shape index (κ2) is 19.5. The van der Waals surface area contributed by atoms with E-state index in [0.717, 1.165) is 5.75 Å². The van der Waals surface area contributed by atoms with E-state index in [4.69, 9.17) is 5.73 Å². The first-order valence-electron chi connectivity index (χ1n) is 10.7. The molecule has 0 heterocycles. The van der Waals surface area contributed by atoms with Crippen LogP contribution in [0, 0.1) is 0 Å². The van der Waals surface area contributed by atoms with Gasteiger partial charge in [0.25, 0.3) is 0 Å². The zero-order chi connectivity index (χ0) is 20.3. The minimum absolute atomic E-state index is 0.490. The SMILES string of the molecule is CCCC[N+](CCCC)(CCCC)CCCC.CSCCC(N)C(=O)[O-]. The third kappa shape index (κ3) is 16.0. The topological polar surface area (TPSA) is 66.2 Å². The summed E-state index contributed by atoms with van der Waals surface area (Å²) in [5.74, 6) is -0.390. The first-order valence-corrected chi connectivity index (χ1v) is 12.1. The molecule has 5 heteroatoms. The zero-order valence-electron chi connectivity index (χ0n) is 18.2. The van der Waals surface area contributed by atoms with Gasteiger partial charge in [-0.1, -0.05) is 53.4 Å². The largest absolute Gasteiger partial charge is 0.548 e. The Bertz CT molecular complexity index is 277. The van der Waals surface area contributed by atoms with Crippen molar-refractivity contribution in [3.05, 3.63) is 0 Å². The number of rotatable bonds is 16. The van der Waals surface area contributed by atoms with Gasteiger partial charge in [-0.05, 0) is 44.1 Å². The van der Waals surface area contributed by atoms with Gasteiger partial charge in [-0.15, -0.1) is 0 Å². The molecule has 0 aromatic carbocycles. The fourth-order valence-electron chi connectivity index (χ4n) is 3.01. The van der Waals surface area contributed by atoms with E-state index in [1.54, 1.807) is 11.8 Å². The summed E-state index contributed by atoms with van der Waals surface area (Å²) in [7, 11) is 0. The zero-order valence-corrected chi connectivity index (χ0v) is 19.0. The molecule has 0 spiro atoms. The standard InChI is InChI=1S/C16H36N.C5H11NO2S/c1-5-9-13-17(14-10-6-2,15-11-7-3)16-12-8-4;1-9-3-2-4(6)5(7)8/h5-16H2,1-4H3;4H,2-3,6H2,1H3,(H,7,8)/q+1;/p-1. The maximum absolute atomic E-state index is 9.96. The lowest BCUT2D eigenvalue weighted by molar-refractivity contribution is -0.929. The Kier molecular flexibility index (Phi) is 21.0.